The van der Waals surface area contributed by atoms with Crippen LogP contribution in [0.15, 0.2) is 36.5 Å². The van der Waals surface area contributed by atoms with E-state index in [4.69, 9.17) is 9.72 Å². The SMILES string of the molecule is CN(Cc1nc2cccc(OCCN3CCCC3)n2c1CO)[C@H]1CCCc2cccnc21. The molecule has 0 bridgehead atoms. The van der Waals surface area contributed by atoms with Crippen molar-refractivity contribution in [2.75, 3.05) is 33.3 Å². The van der Waals surface area contributed by atoms with Crippen molar-refractivity contribution in [2.24, 2.45) is 0 Å². The van der Waals surface area contributed by atoms with E-state index in [1.807, 2.05) is 34.9 Å². The summed E-state index contributed by atoms with van der Waals surface area (Å²) in [5, 5.41) is 10.3. The number of ether oxygens (including phenoxy) is 1. The molecular formula is C25H33N5O2. The van der Waals surface area contributed by atoms with Gasteiger partial charge in [0.25, 0.3) is 0 Å². The van der Waals surface area contributed by atoms with Crippen molar-refractivity contribution < 1.29 is 9.84 Å². The van der Waals surface area contributed by atoms with E-state index >= 15 is 0 Å². The van der Waals surface area contributed by atoms with Gasteiger partial charge in [-0.15, -0.1) is 0 Å². The molecule has 0 radical (unpaired) electrons. The van der Waals surface area contributed by atoms with Gasteiger partial charge in [-0.25, -0.2) is 4.98 Å². The normalized spacial score (nSPS) is 19.0. The molecule has 3 aromatic heterocycles. The van der Waals surface area contributed by atoms with Crippen molar-refractivity contribution in [3.05, 3.63) is 59.2 Å². The van der Waals surface area contributed by atoms with E-state index in [0.29, 0.717) is 13.2 Å². The maximum Gasteiger partial charge on any atom is 0.199 e. The summed E-state index contributed by atoms with van der Waals surface area (Å²) < 4.78 is 8.12. The average molecular weight is 436 g/mol. The largest absolute Gasteiger partial charge is 0.477 e. The van der Waals surface area contributed by atoms with Crippen LogP contribution in [0.4, 0.5) is 0 Å². The summed E-state index contributed by atoms with van der Waals surface area (Å²) in [5.41, 5.74) is 5.05. The highest BCUT2D eigenvalue weighted by Crippen LogP contribution is 2.33. The molecule has 1 aliphatic carbocycles. The van der Waals surface area contributed by atoms with Gasteiger partial charge in [0.15, 0.2) is 5.88 Å². The number of likely N-dealkylation sites (tertiary alicyclic amines) is 1. The van der Waals surface area contributed by atoms with Crippen LogP contribution in [0, 0.1) is 0 Å². The van der Waals surface area contributed by atoms with Crippen LogP contribution in [0.3, 0.4) is 0 Å². The van der Waals surface area contributed by atoms with Crippen LogP contribution in [-0.4, -0.2) is 62.6 Å². The van der Waals surface area contributed by atoms with Crippen LogP contribution >= 0.6 is 0 Å². The van der Waals surface area contributed by atoms with Crippen LogP contribution in [0.5, 0.6) is 5.88 Å². The summed E-state index contributed by atoms with van der Waals surface area (Å²) in [5.74, 6) is 0.747. The van der Waals surface area contributed by atoms with Crippen LogP contribution < -0.4 is 4.74 Å². The van der Waals surface area contributed by atoms with E-state index in [9.17, 15) is 5.11 Å². The molecule has 0 aromatic carbocycles. The van der Waals surface area contributed by atoms with E-state index in [1.54, 1.807) is 0 Å². The van der Waals surface area contributed by atoms with Crippen molar-refractivity contribution in [3.63, 3.8) is 0 Å². The monoisotopic (exact) mass is 435 g/mol. The highest BCUT2D eigenvalue weighted by molar-refractivity contribution is 5.47. The molecule has 32 heavy (non-hydrogen) atoms. The molecule has 2 aliphatic rings. The minimum absolute atomic E-state index is 0.0731. The first-order valence-corrected chi connectivity index (χ1v) is 11.8. The molecule has 4 heterocycles. The lowest BCUT2D eigenvalue weighted by Gasteiger charge is -2.32. The Labute approximate surface area is 189 Å². The van der Waals surface area contributed by atoms with Gasteiger partial charge in [0.05, 0.1) is 29.7 Å². The summed E-state index contributed by atoms with van der Waals surface area (Å²) in [4.78, 5) is 14.3. The molecule has 1 N–H and O–H groups in total. The third kappa shape index (κ3) is 4.25. The number of aliphatic hydroxyl groups is 1. The molecule has 170 valence electrons. The average Bonchev–Trinajstić information content (AvgIpc) is 3.46. The van der Waals surface area contributed by atoms with Crippen molar-refractivity contribution in [1.82, 2.24) is 24.2 Å². The molecule has 0 spiro atoms. The number of hydrogen-bond acceptors (Lipinski definition) is 6. The van der Waals surface area contributed by atoms with Gasteiger partial charge in [0.1, 0.15) is 12.3 Å². The molecule has 7 nitrogen and oxygen atoms in total. The van der Waals surface area contributed by atoms with Gasteiger partial charge >= 0.3 is 0 Å². The Bertz CT molecular complexity index is 1060. The zero-order chi connectivity index (χ0) is 21.9. The number of fused-ring (bicyclic) bond motifs is 2. The van der Waals surface area contributed by atoms with Gasteiger partial charge in [-0.1, -0.05) is 12.1 Å². The number of rotatable bonds is 8. The Kier molecular flexibility index (Phi) is 6.39. The highest BCUT2D eigenvalue weighted by Gasteiger charge is 2.26. The molecular weight excluding hydrogens is 402 g/mol. The fraction of sp³-hybridized carbons (Fsp3) is 0.520. The first kappa shape index (κ1) is 21.4. The molecule has 3 aromatic rings. The third-order valence-corrected chi connectivity index (χ3v) is 6.89. The fourth-order valence-electron chi connectivity index (χ4n) is 5.22. The van der Waals surface area contributed by atoms with Gasteiger partial charge in [-0.05, 0) is 76.0 Å². The Morgan fingerprint density at radius 1 is 1.16 bits per heavy atom. The van der Waals surface area contributed by atoms with E-state index in [1.165, 1.54) is 30.5 Å². The molecule has 1 fully saturated rings. The second-order valence-electron chi connectivity index (χ2n) is 8.99. The van der Waals surface area contributed by atoms with Crippen molar-refractivity contribution in [1.29, 1.82) is 0 Å². The molecule has 1 atom stereocenters. The van der Waals surface area contributed by atoms with E-state index in [0.717, 1.165) is 55.4 Å². The van der Waals surface area contributed by atoms with Crippen LogP contribution in [0.1, 0.15) is 54.4 Å². The second-order valence-corrected chi connectivity index (χ2v) is 8.99. The molecule has 7 heteroatoms. The van der Waals surface area contributed by atoms with Crippen LogP contribution in [0.2, 0.25) is 0 Å². The lowest BCUT2D eigenvalue weighted by atomic mass is 9.91. The number of nitrogens with zero attached hydrogens (tertiary/aromatic N) is 5. The van der Waals surface area contributed by atoms with Gasteiger partial charge < -0.3 is 9.84 Å². The van der Waals surface area contributed by atoms with E-state index < -0.39 is 0 Å². The Morgan fingerprint density at radius 3 is 2.88 bits per heavy atom. The Hall–Kier alpha value is -2.48. The first-order valence-electron chi connectivity index (χ1n) is 11.8. The third-order valence-electron chi connectivity index (χ3n) is 6.89. The summed E-state index contributed by atoms with van der Waals surface area (Å²) in [6, 6.07) is 10.4. The van der Waals surface area contributed by atoms with Crippen molar-refractivity contribution in [2.45, 2.75) is 51.3 Å². The van der Waals surface area contributed by atoms with Crippen molar-refractivity contribution in [3.8, 4) is 5.88 Å². The minimum Gasteiger partial charge on any atom is -0.477 e. The maximum absolute atomic E-state index is 10.3. The number of pyridine rings is 2. The van der Waals surface area contributed by atoms with E-state index in [2.05, 4.69) is 27.9 Å². The second kappa shape index (κ2) is 9.57. The maximum atomic E-state index is 10.3. The van der Waals surface area contributed by atoms with Crippen molar-refractivity contribution >= 4 is 5.65 Å². The molecule has 5 rings (SSSR count). The summed E-state index contributed by atoms with van der Waals surface area (Å²) in [6.07, 6.45) is 7.81. The predicted molar refractivity (Wildman–Crippen MR) is 124 cm³/mol. The molecule has 1 saturated heterocycles. The smallest absolute Gasteiger partial charge is 0.199 e. The van der Waals surface area contributed by atoms with Gasteiger partial charge in [0, 0.05) is 19.3 Å². The van der Waals surface area contributed by atoms with E-state index in [-0.39, 0.29) is 12.6 Å². The lowest BCUT2D eigenvalue weighted by Crippen LogP contribution is -2.29. The standard InChI is InChI=1S/C25H33N5O2/c1-28(21-9-4-7-19-8-6-12-26-25(19)21)17-20-22(18-31)30-23(27-20)10-5-11-24(30)32-16-15-29-13-2-3-14-29/h5-6,8,10-12,21,31H,2-4,7,9,13-18H2,1H3/t21-/m0/s1. The number of aryl methyl sites for hydroxylation is 1. The Morgan fingerprint density at radius 2 is 2.03 bits per heavy atom. The first-order chi connectivity index (χ1) is 15.7. The summed E-state index contributed by atoms with van der Waals surface area (Å²) in [7, 11) is 2.13. The highest BCUT2D eigenvalue weighted by atomic mass is 16.5. The molecule has 0 unspecified atom stereocenters. The number of aliphatic hydroxyl groups excluding tert-OH is 1. The fourth-order valence-corrected chi connectivity index (χ4v) is 5.22. The Balaban J connectivity index is 1.36. The summed E-state index contributed by atoms with van der Waals surface area (Å²) in [6.45, 7) is 4.49. The lowest BCUT2D eigenvalue weighted by molar-refractivity contribution is 0.202. The zero-order valence-corrected chi connectivity index (χ0v) is 18.9. The van der Waals surface area contributed by atoms with Gasteiger partial charge in [-0.3, -0.25) is 19.2 Å². The molecule has 0 saturated carbocycles. The summed E-state index contributed by atoms with van der Waals surface area (Å²) >= 11 is 0. The quantitative estimate of drug-likeness (QED) is 0.586. The van der Waals surface area contributed by atoms with Crippen LogP contribution in [-0.2, 0) is 19.6 Å². The molecule has 1 aliphatic heterocycles. The minimum atomic E-state index is -0.0731. The van der Waals surface area contributed by atoms with Gasteiger partial charge in [-0.2, -0.15) is 0 Å². The van der Waals surface area contributed by atoms with Crippen LogP contribution in [0.25, 0.3) is 5.65 Å². The van der Waals surface area contributed by atoms with Gasteiger partial charge in [0.2, 0.25) is 0 Å². The number of hydrogen-bond donors (Lipinski definition) is 1. The molecule has 0 amide bonds. The topological polar surface area (TPSA) is 66.1 Å². The zero-order valence-electron chi connectivity index (χ0n) is 18.9. The predicted octanol–water partition coefficient (Wildman–Crippen LogP) is 3.21. The number of imidazole rings is 1. The number of aromatic nitrogens is 3.